The van der Waals surface area contributed by atoms with E-state index in [4.69, 9.17) is 4.74 Å². The fraction of sp³-hybridized carbons (Fsp3) is 0.529. The molecular formula is C17H21NO3. The third-order valence-corrected chi connectivity index (χ3v) is 4.67. The van der Waals surface area contributed by atoms with Crippen LogP contribution < -0.4 is 0 Å². The SMILES string of the molecule is O=C1CCN(C(=O)OCc2ccccc2)C2(CCCC2)C1. The second-order valence-electron chi connectivity index (χ2n) is 6.09. The fourth-order valence-electron chi connectivity index (χ4n) is 3.59. The summed E-state index contributed by atoms with van der Waals surface area (Å²) in [5.41, 5.74) is 0.725. The van der Waals surface area contributed by atoms with Crippen LogP contribution in [0.15, 0.2) is 30.3 Å². The predicted octanol–water partition coefficient (Wildman–Crippen LogP) is 3.30. The van der Waals surface area contributed by atoms with Crippen molar-refractivity contribution in [2.75, 3.05) is 6.54 Å². The first-order valence-electron chi connectivity index (χ1n) is 7.70. The Balaban J connectivity index is 1.66. The maximum atomic E-state index is 12.4. The third kappa shape index (κ3) is 2.94. The van der Waals surface area contributed by atoms with Crippen molar-refractivity contribution in [2.24, 2.45) is 0 Å². The average Bonchev–Trinajstić information content (AvgIpc) is 2.94. The first-order chi connectivity index (χ1) is 10.2. The summed E-state index contributed by atoms with van der Waals surface area (Å²) in [5.74, 6) is 0.281. The molecule has 0 atom stereocenters. The number of carbonyl (C=O) groups is 2. The van der Waals surface area contributed by atoms with E-state index in [1.54, 1.807) is 0 Å². The van der Waals surface area contributed by atoms with Crippen LogP contribution in [0.25, 0.3) is 0 Å². The van der Waals surface area contributed by atoms with Crippen LogP contribution >= 0.6 is 0 Å². The minimum atomic E-state index is -0.270. The highest BCUT2D eigenvalue weighted by atomic mass is 16.6. The molecule has 1 aromatic rings. The molecule has 1 saturated carbocycles. The van der Waals surface area contributed by atoms with Crippen LogP contribution in [-0.4, -0.2) is 28.9 Å². The van der Waals surface area contributed by atoms with Gasteiger partial charge in [-0.05, 0) is 18.4 Å². The largest absolute Gasteiger partial charge is 0.445 e. The zero-order valence-corrected chi connectivity index (χ0v) is 12.2. The van der Waals surface area contributed by atoms with E-state index in [1.165, 1.54) is 0 Å². The summed E-state index contributed by atoms with van der Waals surface area (Å²) in [4.78, 5) is 26.0. The number of amides is 1. The van der Waals surface area contributed by atoms with Gasteiger partial charge in [0.25, 0.3) is 0 Å². The number of nitrogens with zero attached hydrogens (tertiary/aromatic N) is 1. The molecule has 1 aliphatic heterocycles. The number of benzene rings is 1. The van der Waals surface area contributed by atoms with Crippen molar-refractivity contribution in [3.05, 3.63) is 35.9 Å². The highest BCUT2D eigenvalue weighted by Gasteiger charge is 2.46. The molecule has 2 aliphatic rings. The number of piperidine rings is 1. The minimum absolute atomic E-state index is 0.261. The Morgan fingerprint density at radius 3 is 2.62 bits per heavy atom. The van der Waals surface area contributed by atoms with Crippen LogP contribution in [-0.2, 0) is 16.1 Å². The number of likely N-dealkylation sites (tertiary alicyclic amines) is 1. The number of ether oxygens (including phenoxy) is 1. The van der Waals surface area contributed by atoms with Crippen molar-refractivity contribution in [1.82, 2.24) is 4.90 Å². The molecule has 112 valence electrons. The van der Waals surface area contributed by atoms with E-state index in [2.05, 4.69) is 0 Å². The Morgan fingerprint density at radius 1 is 1.19 bits per heavy atom. The molecule has 1 aromatic carbocycles. The maximum absolute atomic E-state index is 12.4. The Bertz CT molecular complexity index is 520. The lowest BCUT2D eigenvalue weighted by atomic mass is 9.84. The third-order valence-electron chi connectivity index (χ3n) is 4.67. The van der Waals surface area contributed by atoms with Gasteiger partial charge in [0, 0.05) is 19.4 Å². The molecule has 0 N–H and O–H groups in total. The van der Waals surface area contributed by atoms with Crippen molar-refractivity contribution in [1.29, 1.82) is 0 Å². The number of carbonyl (C=O) groups excluding carboxylic acids is 2. The molecule has 3 rings (SSSR count). The van der Waals surface area contributed by atoms with Crippen LogP contribution in [0, 0.1) is 0 Å². The monoisotopic (exact) mass is 287 g/mol. The molecule has 2 fully saturated rings. The van der Waals surface area contributed by atoms with Crippen LogP contribution in [0.2, 0.25) is 0 Å². The normalized spacial score (nSPS) is 20.8. The standard InChI is InChI=1S/C17H21NO3/c19-15-8-11-18(17(12-15)9-4-5-10-17)16(20)21-13-14-6-2-1-3-7-14/h1-3,6-7H,4-5,8-13H2. The summed E-state index contributed by atoms with van der Waals surface area (Å²) in [5, 5.41) is 0. The molecule has 0 radical (unpaired) electrons. The number of hydrogen-bond donors (Lipinski definition) is 0. The van der Waals surface area contributed by atoms with E-state index in [0.29, 0.717) is 26.0 Å². The van der Waals surface area contributed by atoms with E-state index < -0.39 is 0 Å². The molecule has 21 heavy (non-hydrogen) atoms. The summed E-state index contributed by atoms with van der Waals surface area (Å²) in [7, 11) is 0. The van der Waals surface area contributed by atoms with Crippen LogP contribution in [0.1, 0.15) is 44.1 Å². The van der Waals surface area contributed by atoms with Gasteiger partial charge in [-0.2, -0.15) is 0 Å². The summed E-state index contributed by atoms with van der Waals surface area (Å²) < 4.78 is 5.47. The summed E-state index contributed by atoms with van der Waals surface area (Å²) >= 11 is 0. The lowest BCUT2D eigenvalue weighted by molar-refractivity contribution is -0.125. The number of rotatable bonds is 2. The van der Waals surface area contributed by atoms with Crippen molar-refractivity contribution < 1.29 is 14.3 Å². The van der Waals surface area contributed by atoms with E-state index in [9.17, 15) is 9.59 Å². The van der Waals surface area contributed by atoms with Crippen LogP contribution in [0.4, 0.5) is 4.79 Å². The quantitative estimate of drug-likeness (QED) is 0.838. The number of Topliss-reactive ketones (excluding diaryl/α,β-unsaturated/α-hetero) is 1. The minimum Gasteiger partial charge on any atom is -0.445 e. The molecule has 4 nitrogen and oxygen atoms in total. The molecule has 0 aromatic heterocycles. The maximum Gasteiger partial charge on any atom is 0.410 e. The molecule has 0 bridgehead atoms. The Labute approximate surface area is 125 Å². The van der Waals surface area contributed by atoms with Gasteiger partial charge in [-0.25, -0.2) is 4.79 Å². The lowest BCUT2D eigenvalue weighted by Crippen LogP contribution is -2.55. The average molecular weight is 287 g/mol. The van der Waals surface area contributed by atoms with Gasteiger partial charge in [-0.1, -0.05) is 43.2 Å². The van der Waals surface area contributed by atoms with E-state index in [0.717, 1.165) is 31.2 Å². The zero-order valence-electron chi connectivity index (χ0n) is 12.2. The summed E-state index contributed by atoms with van der Waals surface area (Å²) in [6, 6.07) is 9.69. The second kappa shape index (κ2) is 5.88. The van der Waals surface area contributed by atoms with Gasteiger partial charge < -0.3 is 9.64 Å². The molecule has 1 amide bonds. The molecule has 1 aliphatic carbocycles. The van der Waals surface area contributed by atoms with Gasteiger partial charge in [0.05, 0.1) is 5.54 Å². The van der Waals surface area contributed by atoms with Gasteiger partial charge >= 0.3 is 6.09 Å². The summed E-state index contributed by atoms with van der Waals surface area (Å²) in [6.45, 7) is 0.798. The van der Waals surface area contributed by atoms with Gasteiger partial charge in [0.1, 0.15) is 12.4 Å². The summed E-state index contributed by atoms with van der Waals surface area (Å²) in [6.07, 6.45) is 4.74. The smallest absolute Gasteiger partial charge is 0.410 e. The number of hydrogen-bond acceptors (Lipinski definition) is 3. The Morgan fingerprint density at radius 2 is 1.90 bits per heavy atom. The van der Waals surface area contributed by atoms with Crippen LogP contribution in [0.5, 0.6) is 0 Å². The second-order valence-corrected chi connectivity index (χ2v) is 6.09. The zero-order chi connectivity index (χ0) is 14.7. The van der Waals surface area contributed by atoms with E-state index >= 15 is 0 Å². The first kappa shape index (κ1) is 14.1. The molecule has 1 saturated heterocycles. The molecule has 4 heteroatoms. The van der Waals surface area contributed by atoms with Gasteiger partial charge in [0.2, 0.25) is 0 Å². The lowest BCUT2D eigenvalue weighted by Gasteiger charge is -2.43. The molecule has 1 spiro atoms. The van der Waals surface area contributed by atoms with Crippen molar-refractivity contribution in [3.63, 3.8) is 0 Å². The molecule has 1 heterocycles. The molecular weight excluding hydrogens is 266 g/mol. The van der Waals surface area contributed by atoms with Gasteiger partial charge in [-0.15, -0.1) is 0 Å². The predicted molar refractivity (Wildman–Crippen MR) is 78.8 cm³/mol. The fourth-order valence-corrected chi connectivity index (χ4v) is 3.59. The van der Waals surface area contributed by atoms with E-state index in [1.807, 2.05) is 35.2 Å². The van der Waals surface area contributed by atoms with E-state index in [-0.39, 0.29) is 17.4 Å². The topological polar surface area (TPSA) is 46.6 Å². The van der Waals surface area contributed by atoms with Crippen LogP contribution in [0.3, 0.4) is 0 Å². The number of ketones is 1. The van der Waals surface area contributed by atoms with Gasteiger partial charge in [-0.3, -0.25) is 4.79 Å². The van der Waals surface area contributed by atoms with Crippen molar-refractivity contribution >= 4 is 11.9 Å². The van der Waals surface area contributed by atoms with Crippen molar-refractivity contribution in [2.45, 2.75) is 50.7 Å². The first-order valence-corrected chi connectivity index (χ1v) is 7.70. The Hall–Kier alpha value is -1.84. The Kier molecular flexibility index (Phi) is 3.95. The highest BCUT2D eigenvalue weighted by Crippen LogP contribution is 2.41. The highest BCUT2D eigenvalue weighted by molar-refractivity contribution is 5.83. The van der Waals surface area contributed by atoms with Crippen molar-refractivity contribution in [3.8, 4) is 0 Å². The van der Waals surface area contributed by atoms with Gasteiger partial charge in [0.15, 0.2) is 0 Å². The molecule has 0 unspecified atom stereocenters.